The molecule has 0 spiro atoms. The maximum absolute atomic E-state index is 12.3. The number of hydrogen-bond donors (Lipinski definition) is 2. The number of unbranched alkanes of at least 4 members (excludes halogenated alkanes) is 4. The number of fused-ring (bicyclic) bond motifs is 2. The van der Waals surface area contributed by atoms with Gasteiger partial charge in [0.2, 0.25) is 17.5 Å². The Balaban J connectivity index is 1.49. The van der Waals surface area contributed by atoms with Gasteiger partial charge in [0.25, 0.3) is 0 Å². The molecule has 0 aliphatic carbocycles. The molecular formula is C46H66N4O7S. The summed E-state index contributed by atoms with van der Waals surface area (Å²) in [6.45, 7) is 14.8. The molecule has 0 atom stereocenters. The summed E-state index contributed by atoms with van der Waals surface area (Å²) in [5, 5.41) is 5.92. The van der Waals surface area contributed by atoms with E-state index in [0.717, 1.165) is 74.9 Å². The minimum absolute atomic E-state index is 0.0428. The summed E-state index contributed by atoms with van der Waals surface area (Å²) in [4.78, 5) is 26.7. The Morgan fingerprint density at radius 1 is 0.776 bits per heavy atom. The van der Waals surface area contributed by atoms with Gasteiger partial charge in [-0.25, -0.2) is 8.42 Å². The Bertz CT molecular complexity index is 1960. The molecule has 2 aromatic rings. The zero-order valence-corrected chi connectivity index (χ0v) is 36.6. The molecule has 0 unspecified atom stereocenters. The van der Waals surface area contributed by atoms with Crippen molar-refractivity contribution < 1.29 is 36.6 Å². The van der Waals surface area contributed by atoms with Crippen LogP contribution in [0.15, 0.2) is 77.4 Å². The summed E-state index contributed by atoms with van der Waals surface area (Å²) >= 11 is 0. The predicted molar refractivity (Wildman–Crippen MR) is 231 cm³/mol. The minimum Gasteiger partial charge on any atom is -0.744 e. The fraction of sp³-hybridized carbons (Fsp3) is 0.543. The first-order valence-corrected chi connectivity index (χ1v) is 22.2. The number of allylic oxidation sites excluding steroid dienone is 6. The van der Waals surface area contributed by atoms with Gasteiger partial charge in [-0.05, 0) is 89.1 Å². The lowest BCUT2D eigenvalue weighted by atomic mass is 9.81. The first kappa shape index (κ1) is 46.6. The molecule has 2 aliphatic rings. The van der Waals surface area contributed by atoms with Gasteiger partial charge < -0.3 is 29.6 Å². The lowest BCUT2D eigenvalue weighted by Crippen LogP contribution is -2.28. The van der Waals surface area contributed by atoms with Crippen molar-refractivity contribution in [2.45, 2.75) is 115 Å². The van der Waals surface area contributed by atoms with Crippen LogP contribution in [0.3, 0.4) is 0 Å². The van der Waals surface area contributed by atoms with Crippen LogP contribution in [-0.4, -0.2) is 88.7 Å². The smallest absolute Gasteiger partial charge is 0.219 e. The first-order chi connectivity index (χ1) is 27.6. The largest absolute Gasteiger partial charge is 0.744 e. The lowest BCUT2D eigenvalue weighted by molar-refractivity contribution is -0.438. The van der Waals surface area contributed by atoms with Gasteiger partial charge >= 0.3 is 0 Å². The number of anilines is 1. The van der Waals surface area contributed by atoms with Gasteiger partial charge in [0.15, 0.2) is 5.71 Å². The van der Waals surface area contributed by atoms with Crippen molar-refractivity contribution in [1.82, 2.24) is 10.6 Å². The normalized spacial score (nSPS) is 16.5. The number of hydrogen-bond acceptors (Lipinski definition) is 8. The van der Waals surface area contributed by atoms with Crippen LogP contribution in [0.1, 0.15) is 109 Å². The summed E-state index contributed by atoms with van der Waals surface area (Å²) in [6.07, 6.45) is 18.2. The van der Waals surface area contributed by atoms with Crippen LogP contribution < -0.4 is 15.5 Å². The summed E-state index contributed by atoms with van der Waals surface area (Å²) in [5.41, 5.74) is 6.89. The third kappa shape index (κ3) is 12.5. The van der Waals surface area contributed by atoms with E-state index in [1.54, 1.807) is 20.3 Å². The van der Waals surface area contributed by atoms with Crippen LogP contribution in [0.25, 0.3) is 0 Å². The van der Waals surface area contributed by atoms with E-state index in [4.69, 9.17) is 9.47 Å². The standard InChI is InChI=1S/C46H66N4O7S/c1-35-23-25-39-37(33-35)45(2,3)41(49(39)29-15-9-13-21-43(51)47-27-17-31-56-6)19-11-8-12-20-42-46(4,5)38-34-36(58(53,54)55)24-26-40(38)50(42)30-16-10-14-22-44(52)48-28-18-32-57-7/h8,11-12,19-20,23-26,33-34H,9-10,13-18,21-22,27-32H2,1-7H3,(H2-,47,48,51,52,53,54,55). The summed E-state index contributed by atoms with van der Waals surface area (Å²) < 4.78 is 48.4. The van der Waals surface area contributed by atoms with Crippen LogP contribution >= 0.6 is 0 Å². The molecule has 2 N–H and O–H groups in total. The second-order valence-electron chi connectivity index (χ2n) is 16.4. The molecule has 2 amide bonds. The molecule has 11 nitrogen and oxygen atoms in total. The number of amides is 2. The number of carbonyl (C=O) groups is 2. The fourth-order valence-corrected chi connectivity index (χ4v) is 8.47. The lowest BCUT2D eigenvalue weighted by Gasteiger charge is -2.27. The summed E-state index contributed by atoms with van der Waals surface area (Å²) in [5.74, 6) is 0.136. The minimum atomic E-state index is -4.62. The molecule has 0 bridgehead atoms. The van der Waals surface area contributed by atoms with Crippen molar-refractivity contribution in [1.29, 1.82) is 0 Å². The molecule has 12 heteroatoms. The van der Waals surface area contributed by atoms with Crippen molar-refractivity contribution in [3.8, 4) is 0 Å². The van der Waals surface area contributed by atoms with Gasteiger partial charge in [-0.3, -0.25) is 9.59 Å². The number of rotatable bonds is 24. The highest BCUT2D eigenvalue weighted by Crippen LogP contribution is 2.48. The van der Waals surface area contributed by atoms with E-state index in [2.05, 4.69) is 91.2 Å². The highest BCUT2D eigenvalue weighted by molar-refractivity contribution is 7.85. The SMILES string of the molecule is COCCCNC(=O)CCCCCN1/C(=C/C=C/C=C/C2=[N+](CCCCCC(=O)NCCCOC)c3ccc(S(=O)(=O)[O-])cc3C2(C)C)C(C)(C)c2cc(C)ccc21. The van der Waals surface area contributed by atoms with Crippen molar-refractivity contribution in [2.24, 2.45) is 0 Å². The van der Waals surface area contributed by atoms with E-state index in [1.807, 2.05) is 12.2 Å². The Hall–Kier alpha value is -4.10. The molecule has 2 heterocycles. The molecule has 0 saturated heterocycles. The van der Waals surface area contributed by atoms with Crippen LogP contribution in [-0.2, 0) is 40.0 Å². The number of ether oxygens (including phenoxy) is 2. The van der Waals surface area contributed by atoms with E-state index in [9.17, 15) is 22.6 Å². The van der Waals surface area contributed by atoms with E-state index in [0.29, 0.717) is 45.7 Å². The maximum Gasteiger partial charge on any atom is 0.219 e. The first-order valence-electron chi connectivity index (χ1n) is 20.8. The number of benzene rings is 2. The Morgan fingerprint density at radius 2 is 1.41 bits per heavy atom. The second kappa shape index (κ2) is 21.8. The molecule has 4 rings (SSSR count). The molecule has 2 aromatic carbocycles. The van der Waals surface area contributed by atoms with Gasteiger partial charge in [0.05, 0.1) is 10.3 Å². The summed E-state index contributed by atoms with van der Waals surface area (Å²) in [6, 6.07) is 11.3. The molecule has 58 heavy (non-hydrogen) atoms. The molecule has 2 aliphatic heterocycles. The quantitative estimate of drug-likeness (QED) is 0.0481. The molecule has 318 valence electrons. The van der Waals surface area contributed by atoms with Gasteiger partial charge in [-0.2, -0.15) is 4.58 Å². The summed E-state index contributed by atoms with van der Waals surface area (Å²) in [7, 11) is -1.31. The predicted octanol–water partition coefficient (Wildman–Crippen LogP) is 7.50. The van der Waals surface area contributed by atoms with Crippen LogP contribution in [0, 0.1) is 6.92 Å². The van der Waals surface area contributed by atoms with Gasteiger partial charge in [-0.15, -0.1) is 0 Å². The molecule has 0 saturated carbocycles. The Labute approximate surface area is 347 Å². The monoisotopic (exact) mass is 818 g/mol. The number of nitrogens with one attached hydrogen (secondary N) is 2. The third-order valence-electron chi connectivity index (χ3n) is 11.2. The zero-order valence-electron chi connectivity index (χ0n) is 35.8. The van der Waals surface area contributed by atoms with Crippen molar-refractivity contribution in [3.63, 3.8) is 0 Å². The average Bonchev–Trinajstić information content (AvgIpc) is 3.51. The van der Waals surface area contributed by atoms with Gasteiger partial charge in [-0.1, -0.05) is 56.2 Å². The van der Waals surface area contributed by atoms with Gasteiger partial charge in [0.1, 0.15) is 16.7 Å². The Kier molecular flexibility index (Phi) is 17.5. The average molecular weight is 819 g/mol. The maximum atomic E-state index is 12.3. The van der Waals surface area contributed by atoms with Crippen LogP contribution in [0.4, 0.5) is 11.4 Å². The second-order valence-corrected chi connectivity index (χ2v) is 17.8. The third-order valence-corrected chi connectivity index (χ3v) is 12.0. The van der Waals surface area contributed by atoms with Crippen LogP contribution in [0.5, 0.6) is 0 Å². The van der Waals surface area contributed by atoms with E-state index < -0.39 is 15.5 Å². The van der Waals surface area contributed by atoms with E-state index in [1.165, 1.54) is 34.6 Å². The molecule has 0 radical (unpaired) electrons. The molecule has 0 aromatic heterocycles. The van der Waals surface area contributed by atoms with Crippen molar-refractivity contribution in [2.75, 3.05) is 58.5 Å². The fourth-order valence-electron chi connectivity index (χ4n) is 7.97. The van der Waals surface area contributed by atoms with Crippen molar-refractivity contribution in [3.05, 3.63) is 89.2 Å². The number of carbonyl (C=O) groups excluding carboxylic acids is 2. The molecular weight excluding hydrogens is 753 g/mol. The molecule has 0 fully saturated rings. The zero-order chi connectivity index (χ0) is 42.3. The highest BCUT2D eigenvalue weighted by Gasteiger charge is 2.44. The van der Waals surface area contributed by atoms with Crippen LogP contribution in [0.2, 0.25) is 0 Å². The van der Waals surface area contributed by atoms with Gasteiger partial charge in [0, 0.05) is 101 Å². The number of methoxy groups -OCH3 is 2. The topological polar surface area (TPSA) is 140 Å². The highest BCUT2D eigenvalue weighted by atomic mass is 32.2. The Morgan fingerprint density at radius 3 is 2.03 bits per heavy atom. The number of nitrogens with zero attached hydrogens (tertiary/aromatic N) is 2. The number of aryl methyl sites for hydroxylation is 1. The van der Waals surface area contributed by atoms with E-state index in [-0.39, 0.29) is 22.1 Å². The van der Waals surface area contributed by atoms with Crippen molar-refractivity contribution >= 4 is 39.0 Å². The van der Waals surface area contributed by atoms with E-state index >= 15 is 0 Å².